The number of thioether (sulfide) groups is 1. The van der Waals surface area contributed by atoms with Crippen LogP contribution in [0.5, 0.6) is 0 Å². The molecule has 3 heteroatoms. The lowest BCUT2D eigenvalue weighted by molar-refractivity contribution is 0.608. The first-order valence-electron chi connectivity index (χ1n) is 7.36. The average Bonchev–Trinajstić information content (AvgIpc) is 2.91. The second-order valence-corrected chi connectivity index (χ2v) is 6.65. The number of nitrogens with two attached hydrogens (primary N) is 1. The van der Waals surface area contributed by atoms with Gasteiger partial charge in [0.2, 0.25) is 0 Å². The van der Waals surface area contributed by atoms with E-state index in [1.165, 1.54) is 36.3 Å². The van der Waals surface area contributed by atoms with Crippen LogP contribution >= 0.6 is 11.8 Å². The minimum Gasteiger partial charge on any atom is -0.327 e. The van der Waals surface area contributed by atoms with E-state index in [-0.39, 0.29) is 11.9 Å². The van der Waals surface area contributed by atoms with E-state index in [2.05, 4.69) is 6.92 Å². The van der Waals surface area contributed by atoms with E-state index >= 15 is 0 Å². The van der Waals surface area contributed by atoms with Gasteiger partial charge in [0, 0.05) is 16.7 Å². The van der Waals surface area contributed by atoms with Crippen molar-refractivity contribution in [2.45, 2.75) is 56.4 Å². The zero-order valence-electron chi connectivity index (χ0n) is 11.7. The van der Waals surface area contributed by atoms with Crippen LogP contribution in [0.4, 0.5) is 4.39 Å². The lowest BCUT2D eigenvalue weighted by atomic mass is 10.0. The Morgan fingerprint density at radius 3 is 2.79 bits per heavy atom. The molecule has 0 aliphatic heterocycles. The minimum atomic E-state index is -0.150. The van der Waals surface area contributed by atoms with Gasteiger partial charge in [0.15, 0.2) is 0 Å². The van der Waals surface area contributed by atoms with E-state index in [0.717, 1.165) is 24.3 Å². The molecule has 0 spiro atoms. The summed E-state index contributed by atoms with van der Waals surface area (Å²) in [6, 6.07) is 5.28. The van der Waals surface area contributed by atoms with Crippen molar-refractivity contribution in [3.63, 3.8) is 0 Å². The third kappa shape index (κ3) is 4.50. The van der Waals surface area contributed by atoms with E-state index in [1.54, 1.807) is 12.1 Å². The number of rotatable bonds is 6. The molecular weight excluding hydrogens is 257 g/mol. The second-order valence-electron chi connectivity index (χ2n) is 5.59. The molecule has 0 bridgehead atoms. The summed E-state index contributed by atoms with van der Waals surface area (Å²) in [4.78, 5) is 1.22. The normalized spacial score (nSPS) is 17.8. The van der Waals surface area contributed by atoms with Crippen molar-refractivity contribution in [1.82, 2.24) is 0 Å². The van der Waals surface area contributed by atoms with Crippen LogP contribution in [-0.2, 0) is 6.42 Å². The van der Waals surface area contributed by atoms with Gasteiger partial charge in [-0.2, -0.15) is 0 Å². The molecule has 2 rings (SSSR count). The lowest BCUT2D eigenvalue weighted by Gasteiger charge is -2.15. The highest BCUT2D eigenvalue weighted by Crippen LogP contribution is 2.33. The Bertz CT molecular complexity index is 402. The van der Waals surface area contributed by atoms with Crippen LogP contribution in [0.2, 0.25) is 0 Å². The van der Waals surface area contributed by atoms with Crippen molar-refractivity contribution >= 4 is 11.8 Å². The molecule has 1 atom stereocenters. The molecule has 1 saturated carbocycles. The van der Waals surface area contributed by atoms with E-state index < -0.39 is 0 Å². The van der Waals surface area contributed by atoms with Gasteiger partial charge >= 0.3 is 0 Å². The summed E-state index contributed by atoms with van der Waals surface area (Å²) < 4.78 is 13.4. The maximum absolute atomic E-state index is 13.4. The first-order valence-corrected chi connectivity index (χ1v) is 8.34. The van der Waals surface area contributed by atoms with Gasteiger partial charge in [-0.3, -0.25) is 0 Å². The molecule has 1 aliphatic carbocycles. The molecule has 1 aromatic rings. The molecule has 1 unspecified atom stereocenters. The summed E-state index contributed by atoms with van der Waals surface area (Å²) in [7, 11) is 0. The fourth-order valence-electron chi connectivity index (χ4n) is 2.66. The van der Waals surface area contributed by atoms with Gasteiger partial charge in [-0.1, -0.05) is 19.8 Å². The van der Waals surface area contributed by atoms with Crippen molar-refractivity contribution in [3.05, 3.63) is 29.6 Å². The Kier molecular flexibility index (Phi) is 5.71. The highest BCUT2D eigenvalue weighted by Gasteiger charge is 2.16. The smallest absolute Gasteiger partial charge is 0.123 e. The molecule has 1 aromatic carbocycles. The number of hydrogen-bond donors (Lipinski definition) is 1. The highest BCUT2D eigenvalue weighted by molar-refractivity contribution is 7.99. The zero-order chi connectivity index (χ0) is 13.7. The summed E-state index contributed by atoms with van der Waals surface area (Å²) >= 11 is 1.88. The van der Waals surface area contributed by atoms with Crippen LogP contribution in [0.3, 0.4) is 0 Å². The van der Waals surface area contributed by atoms with Crippen molar-refractivity contribution < 1.29 is 4.39 Å². The maximum atomic E-state index is 13.4. The predicted octanol–water partition coefficient (Wildman–Crippen LogP) is 4.39. The molecule has 0 aromatic heterocycles. The third-order valence-electron chi connectivity index (χ3n) is 3.98. The predicted molar refractivity (Wildman–Crippen MR) is 81.1 cm³/mol. The van der Waals surface area contributed by atoms with Gasteiger partial charge in [0.1, 0.15) is 5.82 Å². The van der Waals surface area contributed by atoms with Gasteiger partial charge in [0.05, 0.1) is 0 Å². The molecule has 0 radical (unpaired) electrons. The standard InChI is InChI=1S/C16H24FNS/c1-2-15(18)10-13-9-14(17)7-8-16(13)19-11-12-5-3-4-6-12/h7-9,12,15H,2-6,10-11,18H2,1H3. The van der Waals surface area contributed by atoms with Gasteiger partial charge < -0.3 is 5.73 Å². The molecule has 0 heterocycles. The van der Waals surface area contributed by atoms with Crippen LogP contribution in [0.1, 0.15) is 44.6 Å². The van der Waals surface area contributed by atoms with E-state index in [4.69, 9.17) is 5.73 Å². The fraction of sp³-hybridized carbons (Fsp3) is 0.625. The van der Waals surface area contributed by atoms with E-state index in [0.29, 0.717) is 0 Å². The first-order chi connectivity index (χ1) is 9.19. The Labute approximate surface area is 120 Å². The van der Waals surface area contributed by atoms with Crippen molar-refractivity contribution in [3.8, 4) is 0 Å². The molecular formula is C16H24FNS. The topological polar surface area (TPSA) is 26.0 Å². The van der Waals surface area contributed by atoms with E-state index in [1.807, 2.05) is 17.8 Å². The first kappa shape index (κ1) is 14.9. The monoisotopic (exact) mass is 281 g/mol. The van der Waals surface area contributed by atoms with Crippen LogP contribution in [-0.4, -0.2) is 11.8 Å². The molecule has 0 saturated heterocycles. The third-order valence-corrected chi connectivity index (χ3v) is 5.33. The van der Waals surface area contributed by atoms with Crippen molar-refractivity contribution in [2.75, 3.05) is 5.75 Å². The van der Waals surface area contributed by atoms with Crippen LogP contribution in [0, 0.1) is 11.7 Å². The Balaban J connectivity index is 2.00. The minimum absolute atomic E-state index is 0.132. The molecule has 1 aliphatic rings. The van der Waals surface area contributed by atoms with Gasteiger partial charge in [-0.05, 0) is 55.4 Å². The SMILES string of the molecule is CCC(N)Cc1cc(F)ccc1SCC1CCCC1. The van der Waals surface area contributed by atoms with Crippen LogP contribution in [0.15, 0.2) is 23.1 Å². The molecule has 1 fully saturated rings. The summed E-state index contributed by atoms with van der Waals surface area (Å²) in [5, 5.41) is 0. The van der Waals surface area contributed by atoms with E-state index in [9.17, 15) is 4.39 Å². The number of hydrogen-bond acceptors (Lipinski definition) is 2. The average molecular weight is 281 g/mol. The largest absolute Gasteiger partial charge is 0.327 e. The molecule has 2 N–H and O–H groups in total. The summed E-state index contributed by atoms with van der Waals surface area (Å²) in [5.74, 6) is 1.87. The Morgan fingerprint density at radius 2 is 2.11 bits per heavy atom. The zero-order valence-corrected chi connectivity index (χ0v) is 12.5. The molecule has 1 nitrogen and oxygen atoms in total. The van der Waals surface area contributed by atoms with Gasteiger partial charge in [-0.25, -0.2) is 4.39 Å². The molecule has 106 valence electrons. The molecule has 19 heavy (non-hydrogen) atoms. The van der Waals surface area contributed by atoms with Crippen molar-refractivity contribution in [2.24, 2.45) is 11.7 Å². The van der Waals surface area contributed by atoms with Crippen molar-refractivity contribution in [1.29, 1.82) is 0 Å². The highest BCUT2D eigenvalue weighted by atomic mass is 32.2. The Hall–Kier alpha value is -0.540. The van der Waals surface area contributed by atoms with Crippen LogP contribution < -0.4 is 5.73 Å². The number of benzene rings is 1. The van der Waals surface area contributed by atoms with Gasteiger partial charge in [-0.15, -0.1) is 11.8 Å². The van der Waals surface area contributed by atoms with Gasteiger partial charge in [0.25, 0.3) is 0 Å². The lowest BCUT2D eigenvalue weighted by Crippen LogP contribution is -2.21. The molecule has 0 amide bonds. The summed E-state index contributed by atoms with van der Waals surface area (Å²) in [6.07, 6.45) is 7.19. The second kappa shape index (κ2) is 7.30. The summed E-state index contributed by atoms with van der Waals surface area (Å²) in [5.41, 5.74) is 7.09. The quantitative estimate of drug-likeness (QED) is 0.783. The fourth-order valence-corrected chi connectivity index (χ4v) is 3.90. The summed E-state index contributed by atoms with van der Waals surface area (Å²) in [6.45, 7) is 2.08. The number of halogens is 1. The maximum Gasteiger partial charge on any atom is 0.123 e. The van der Waals surface area contributed by atoms with Crippen LogP contribution in [0.25, 0.3) is 0 Å². The Morgan fingerprint density at radius 1 is 1.37 bits per heavy atom.